The van der Waals surface area contributed by atoms with Gasteiger partial charge in [0.05, 0.1) is 20.8 Å². The molecule has 21 heavy (non-hydrogen) atoms. The Bertz CT molecular complexity index is 715. The lowest BCUT2D eigenvalue weighted by atomic mass is 10.3. The highest BCUT2D eigenvalue weighted by Gasteiger charge is 2.22. The summed E-state index contributed by atoms with van der Waals surface area (Å²) in [6.07, 6.45) is 0. The zero-order valence-electron chi connectivity index (χ0n) is 11.2. The van der Waals surface area contributed by atoms with Crippen LogP contribution in [-0.2, 0) is 6.54 Å². The van der Waals surface area contributed by atoms with Gasteiger partial charge in [0, 0.05) is 12.6 Å². The number of nitro groups is 2. The van der Waals surface area contributed by atoms with Crippen LogP contribution in [0.4, 0.5) is 11.4 Å². The van der Waals surface area contributed by atoms with Crippen LogP contribution in [0.25, 0.3) is 0 Å². The summed E-state index contributed by atoms with van der Waals surface area (Å²) in [5.41, 5.74) is -0.642. The van der Waals surface area contributed by atoms with E-state index in [2.05, 4.69) is 10.2 Å². The van der Waals surface area contributed by atoms with Crippen LogP contribution in [0.3, 0.4) is 0 Å². The summed E-state index contributed by atoms with van der Waals surface area (Å²) in [4.78, 5) is 20.7. The topological polar surface area (TPSA) is 117 Å². The van der Waals surface area contributed by atoms with Gasteiger partial charge in [-0.15, -0.1) is 10.2 Å². The van der Waals surface area contributed by atoms with Gasteiger partial charge >= 0.3 is 0 Å². The number of non-ortho nitro benzene ring substituents is 1. The van der Waals surface area contributed by atoms with Crippen molar-refractivity contribution in [3.05, 3.63) is 44.3 Å². The molecule has 0 spiro atoms. The molecular weight excluding hydrogens is 298 g/mol. The van der Waals surface area contributed by atoms with E-state index < -0.39 is 9.85 Å². The molecule has 0 saturated carbocycles. The predicted octanol–water partition coefficient (Wildman–Crippen LogP) is 2.57. The van der Waals surface area contributed by atoms with Gasteiger partial charge in [0.15, 0.2) is 5.16 Å². The molecule has 10 heteroatoms. The molecule has 1 aromatic heterocycles. The lowest BCUT2D eigenvalue weighted by molar-refractivity contribution is -0.396. The minimum Gasteiger partial charge on any atom is -0.306 e. The maximum atomic E-state index is 11.1. The van der Waals surface area contributed by atoms with Crippen molar-refractivity contribution in [1.29, 1.82) is 0 Å². The first-order valence-electron chi connectivity index (χ1n) is 5.94. The van der Waals surface area contributed by atoms with Gasteiger partial charge in [-0.1, -0.05) is 0 Å². The Morgan fingerprint density at radius 2 is 1.95 bits per heavy atom. The van der Waals surface area contributed by atoms with Crippen LogP contribution in [0.15, 0.2) is 28.3 Å². The Balaban J connectivity index is 2.44. The number of benzene rings is 1. The molecule has 110 valence electrons. The molecule has 0 aliphatic carbocycles. The summed E-state index contributed by atoms with van der Waals surface area (Å²) < 4.78 is 1.80. The second kappa shape index (κ2) is 5.87. The molecular formula is C11H11N5O4S. The third kappa shape index (κ3) is 2.99. The van der Waals surface area contributed by atoms with E-state index in [0.717, 1.165) is 17.8 Å². The van der Waals surface area contributed by atoms with Crippen molar-refractivity contribution in [2.24, 2.45) is 0 Å². The van der Waals surface area contributed by atoms with Crippen LogP contribution >= 0.6 is 11.8 Å². The number of hydrogen-bond donors (Lipinski definition) is 0. The van der Waals surface area contributed by atoms with Gasteiger partial charge < -0.3 is 4.57 Å². The van der Waals surface area contributed by atoms with E-state index in [4.69, 9.17) is 0 Å². The second-order valence-corrected chi connectivity index (χ2v) is 5.05. The summed E-state index contributed by atoms with van der Waals surface area (Å²) >= 11 is 1.06. The highest BCUT2D eigenvalue weighted by molar-refractivity contribution is 7.99. The predicted molar refractivity (Wildman–Crippen MR) is 74.3 cm³/mol. The zero-order chi connectivity index (χ0) is 15.6. The summed E-state index contributed by atoms with van der Waals surface area (Å²) in [5, 5.41) is 30.2. The smallest absolute Gasteiger partial charge is 0.290 e. The zero-order valence-corrected chi connectivity index (χ0v) is 12.0. The van der Waals surface area contributed by atoms with Crippen molar-refractivity contribution in [2.75, 3.05) is 0 Å². The molecule has 2 aromatic rings. The fourth-order valence-electron chi connectivity index (χ4n) is 1.75. The fraction of sp³-hybridized carbons (Fsp3) is 0.273. The molecule has 2 rings (SSSR count). The average Bonchev–Trinajstić information content (AvgIpc) is 2.78. The number of aromatic nitrogens is 3. The van der Waals surface area contributed by atoms with Crippen molar-refractivity contribution in [3.63, 3.8) is 0 Å². The van der Waals surface area contributed by atoms with Crippen LogP contribution in [0.1, 0.15) is 12.7 Å². The number of hydrogen-bond acceptors (Lipinski definition) is 7. The Morgan fingerprint density at radius 3 is 2.52 bits per heavy atom. The molecule has 0 fully saturated rings. The Labute approximate surface area is 123 Å². The SMILES string of the molecule is CCn1c(C)nnc1Sc1ccc([N+](=O)[O-])cc1[N+](=O)[O-]. The minimum absolute atomic E-state index is 0.285. The number of rotatable bonds is 5. The van der Waals surface area contributed by atoms with Gasteiger partial charge in [-0.05, 0) is 31.7 Å². The Kier molecular flexibility index (Phi) is 4.17. The monoisotopic (exact) mass is 309 g/mol. The van der Waals surface area contributed by atoms with E-state index in [9.17, 15) is 20.2 Å². The summed E-state index contributed by atoms with van der Waals surface area (Å²) in [7, 11) is 0. The Hall–Kier alpha value is -2.49. The molecule has 9 nitrogen and oxygen atoms in total. The van der Waals surface area contributed by atoms with Crippen LogP contribution in [0, 0.1) is 27.2 Å². The van der Waals surface area contributed by atoms with Crippen LogP contribution < -0.4 is 0 Å². The molecule has 1 heterocycles. The van der Waals surface area contributed by atoms with Crippen molar-refractivity contribution in [1.82, 2.24) is 14.8 Å². The highest BCUT2D eigenvalue weighted by atomic mass is 32.2. The van der Waals surface area contributed by atoms with Gasteiger partial charge in [0.25, 0.3) is 11.4 Å². The molecule has 0 atom stereocenters. The average molecular weight is 309 g/mol. The minimum atomic E-state index is -0.667. The Morgan fingerprint density at radius 1 is 1.24 bits per heavy atom. The van der Waals surface area contributed by atoms with E-state index in [0.29, 0.717) is 17.5 Å². The van der Waals surface area contributed by atoms with Gasteiger partial charge in [-0.3, -0.25) is 20.2 Å². The molecule has 0 N–H and O–H groups in total. The van der Waals surface area contributed by atoms with E-state index in [-0.39, 0.29) is 16.3 Å². The summed E-state index contributed by atoms with van der Waals surface area (Å²) in [6, 6.07) is 3.53. The molecule has 0 radical (unpaired) electrons. The van der Waals surface area contributed by atoms with Gasteiger partial charge in [-0.2, -0.15) is 0 Å². The second-order valence-electron chi connectivity index (χ2n) is 4.04. The van der Waals surface area contributed by atoms with Crippen molar-refractivity contribution < 1.29 is 9.85 Å². The van der Waals surface area contributed by atoms with Crippen molar-refractivity contribution in [3.8, 4) is 0 Å². The van der Waals surface area contributed by atoms with Crippen molar-refractivity contribution >= 4 is 23.1 Å². The normalized spacial score (nSPS) is 10.6. The first kappa shape index (κ1) is 14.9. The maximum Gasteiger partial charge on any atom is 0.290 e. The quantitative estimate of drug-likeness (QED) is 0.615. The van der Waals surface area contributed by atoms with E-state index in [1.165, 1.54) is 12.1 Å². The van der Waals surface area contributed by atoms with E-state index in [1.54, 1.807) is 11.5 Å². The molecule has 0 bridgehead atoms. The third-order valence-electron chi connectivity index (χ3n) is 2.77. The largest absolute Gasteiger partial charge is 0.306 e. The fourth-order valence-corrected chi connectivity index (χ4v) is 2.77. The molecule has 0 aliphatic heterocycles. The first-order chi connectivity index (χ1) is 9.93. The van der Waals surface area contributed by atoms with Gasteiger partial charge in [0.2, 0.25) is 0 Å². The number of nitrogens with zero attached hydrogens (tertiary/aromatic N) is 5. The number of nitro benzene ring substituents is 2. The molecule has 0 amide bonds. The number of aryl methyl sites for hydroxylation is 1. The van der Waals surface area contributed by atoms with Crippen LogP contribution in [0.2, 0.25) is 0 Å². The van der Waals surface area contributed by atoms with Gasteiger partial charge in [-0.25, -0.2) is 0 Å². The molecule has 0 unspecified atom stereocenters. The third-order valence-corrected chi connectivity index (χ3v) is 3.82. The molecule has 0 aliphatic rings. The molecule has 0 saturated heterocycles. The summed E-state index contributed by atoms with van der Waals surface area (Å²) in [6.45, 7) is 4.32. The standard InChI is InChI=1S/C11H11N5O4S/c1-3-14-7(2)12-13-11(14)21-10-5-4-8(15(17)18)6-9(10)16(19)20/h4-6H,3H2,1-2H3. The van der Waals surface area contributed by atoms with E-state index in [1.807, 2.05) is 6.92 Å². The van der Waals surface area contributed by atoms with Gasteiger partial charge in [0.1, 0.15) is 5.82 Å². The maximum absolute atomic E-state index is 11.1. The van der Waals surface area contributed by atoms with Crippen LogP contribution in [0.5, 0.6) is 0 Å². The van der Waals surface area contributed by atoms with E-state index >= 15 is 0 Å². The lowest BCUT2D eigenvalue weighted by Gasteiger charge is -2.05. The van der Waals surface area contributed by atoms with Crippen LogP contribution in [-0.4, -0.2) is 24.6 Å². The molecule has 1 aromatic carbocycles. The summed E-state index contributed by atoms with van der Waals surface area (Å²) in [5.74, 6) is 0.699. The lowest BCUT2D eigenvalue weighted by Crippen LogP contribution is -2.00. The van der Waals surface area contributed by atoms with Crippen molar-refractivity contribution in [2.45, 2.75) is 30.4 Å². The first-order valence-corrected chi connectivity index (χ1v) is 6.76. The highest BCUT2D eigenvalue weighted by Crippen LogP contribution is 2.36.